The number of carbonyl (C=O) groups is 1. The van der Waals surface area contributed by atoms with Crippen molar-refractivity contribution in [2.45, 2.75) is 38.4 Å². The van der Waals surface area contributed by atoms with E-state index in [0.29, 0.717) is 12.6 Å². The van der Waals surface area contributed by atoms with Crippen molar-refractivity contribution in [3.8, 4) is 0 Å². The van der Waals surface area contributed by atoms with Gasteiger partial charge in [-0.15, -0.1) is 0 Å². The SMILES string of the molecule is C[C@@H]([NH2+]CC(=O)NC1CC[NH+](Cc2ccccc2)CC1)c1ccccc1Cl. The molecule has 0 aromatic heterocycles. The molecule has 144 valence electrons. The summed E-state index contributed by atoms with van der Waals surface area (Å²) in [5.74, 6) is 0.116. The standard InChI is InChI=1S/C22H28ClN3O/c1-17(20-9-5-6-10-21(20)23)24-15-22(27)25-19-11-13-26(14-12-19)16-18-7-3-2-4-8-18/h2-10,17,19,24H,11-16H2,1H3,(H,25,27)/p+2/t17-/m1/s1. The summed E-state index contributed by atoms with van der Waals surface area (Å²) < 4.78 is 0. The van der Waals surface area contributed by atoms with Crippen LogP contribution in [0, 0.1) is 0 Å². The van der Waals surface area contributed by atoms with E-state index in [1.165, 1.54) is 5.56 Å². The lowest BCUT2D eigenvalue weighted by atomic mass is 10.0. The Bertz CT molecular complexity index is 729. The zero-order valence-electron chi connectivity index (χ0n) is 16.0. The van der Waals surface area contributed by atoms with Gasteiger partial charge in [-0.2, -0.15) is 0 Å². The number of likely N-dealkylation sites (tertiary alicyclic amines) is 1. The predicted molar refractivity (Wildman–Crippen MR) is 109 cm³/mol. The molecule has 4 nitrogen and oxygen atoms in total. The zero-order chi connectivity index (χ0) is 19.1. The fraction of sp³-hybridized carbons (Fsp3) is 0.409. The van der Waals surface area contributed by atoms with E-state index >= 15 is 0 Å². The minimum Gasteiger partial charge on any atom is -0.348 e. The number of halogens is 1. The summed E-state index contributed by atoms with van der Waals surface area (Å²) in [6.07, 6.45) is 2.10. The Balaban J connectivity index is 1.37. The van der Waals surface area contributed by atoms with E-state index in [9.17, 15) is 4.79 Å². The largest absolute Gasteiger partial charge is 0.348 e. The maximum atomic E-state index is 12.3. The number of rotatable bonds is 7. The Hall–Kier alpha value is -1.88. The summed E-state index contributed by atoms with van der Waals surface area (Å²) in [5, 5.41) is 6.02. The van der Waals surface area contributed by atoms with Crippen molar-refractivity contribution >= 4 is 17.5 Å². The summed E-state index contributed by atoms with van der Waals surface area (Å²) in [5.41, 5.74) is 2.46. The zero-order valence-corrected chi connectivity index (χ0v) is 16.7. The third-order valence-corrected chi connectivity index (χ3v) is 5.75. The van der Waals surface area contributed by atoms with Gasteiger partial charge in [0.15, 0.2) is 6.54 Å². The average Bonchev–Trinajstić information content (AvgIpc) is 2.69. The van der Waals surface area contributed by atoms with Crippen LogP contribution in [0.1, 0.15) is 36.9 Å². The van der Waals surface area contributed by atoms with Gasteiger partial charge in [0, 0.05) is 35.0 Å². The lowest BCUT2D eigenvalue weighted by Crippen LogP contribution is -3.12. The molecule has 0 spiro atoms. The van der Waals surface area contributed by atoms with Crippen molar-refractivity contribution in [3.63, 3.8) is 0 Å². The Labute approximate surface area is 166 Å². The van der Waals surface area contributed by atoms with Crippen molar-refractivity contribution < 1.29 is 15.0 Å². The summed E-state index contributed by atoms with van der Waals surface area (Å²) in [6, 6.07) is 18.9. The van der Waals surface area contributed by atoms with Gasteiger partial charge in [0.25, 0.3) is 5.91 Å². The lowest BCUT2D eigenvalue weighted by molar-refractivity contribution is -0.918. The lowest BCUT2D eigenvalue weighted by Gasteiger charge is -2.29. The second-order valence-corrected chi connectivity index (χ2v) is 7.91. The van der Waals surface area contributed by atoms with Gasteiger partial charge < -0.3 is 15.5 Å². The van der Waals surface area contributed by atoms with E-state index in [0.717, 1.165) is 43.1 Å². The van der Waals surface area contributed by atoms with Gasteiger partial charge in [-0.25, -0.2) is 0 Å². The number of benzene rings is 2. The molecule has 1 fully saturated rings. The number of quaternary nitrogens is 2. The Morgan fingerprint density at radius 3 is 2.52 bits per heavy atom. The van der Waals surface area contributed by atoms with Gasteiger partial charge in [-0.05, 0) is 13.0 Å². The van der Waals surface area contributed by atoms with E-state index < -0.39 is 0 Å². The van der Waals surface area contributed by atoms with Crippen LogP contribution in [0.4, 0.5) is 0 Å². The van der Waals surface area contributed by atoms with Gasteiger partial charge in [-0.1, -0.05) is 60.1 Å². The van der Waals surface area contributed by atoms with E-state index in [2.05, 4.69) is 42.6 Å². The van der Waals surface area contributed by atoms with E-state index in [1.54, 1.807) is 4.90 Å². The average molecular weight is 388 g/mol. The van der Waals surface area contributed by atoms with Gasteiger partial charge in [0.1, 0.15) is 12.6 Å². The molecule has 2 aromatic rings. The molecule has 2 aromatic carbocycles. The third-order valence-electron chi connectivity index (χ3n) is 5.41. The highest BCUT2D eigenvalue weighted by Crippen LogP contribution is 2.19. The molecule has 1 aliphatic rings. The van der Waals surface area contributed by atoms with Gasteiger partial charge in [0.05, 0.1) is 13.1 Å². The van der Waals surface area contributed by atoms with E-state index in [4.69, 9.17) is 11.6 Å². The Morgan fingerprint density at radius 1 is 1.15 bits per heavy atom. The predicted octanol–water partition coefficient (Wildman–Crippen LogP) is 1.33. The molecule has 0 bridgehead atoms. The van der Waals surface area contributed by atoms with E-state index in [-0.39, 0.29) is 11.9 Å². The first-order valence-electron chi connectivity index (χ1n) is 9.86. The monoisotopic (exact) mass is 387 g/mol. The van der Waals surface area contributed by atoms with Crippen LogP contribution in [-0.4, -0.2) is 31.6 Å². The van der Waals surface area contributed by atoms with Crippen LogP contribution in [0.3, 0.4) is 0 Å². The smallest absolute Gasteiger partial charge is 0.275 e. The Kier molecular flexibility index (Phi) is 7.27. The molecule has 27 heavy (non-hydrogen) atoms. The fourth-order valence-electron chi connectivity index (χ4n) is 3.77. The first-order valence-corrected chi connectivity index (χ1v) is 10.2. The van der Waals surface area contributed by atoms with Gasteiger partial charge in [-0.3, -0.25) is 4.79 Å². The minimum absolute atomic E-state index is 0.116. The van der Waals surface area contributed by atoms with Crippen LogP contribution in [0.2, 0.25) is 5.02 Å². The number of piperidine rings is 1. The molecular formula is C22H30ClN3O+2. The van der Waals surface area contributed by atoms with Crippen molar-refractivity contribution in [3.05, 3.63) is 70.7 Å². The molecule has 1 aliphatic heterocycles. The van der Waals surface area contributed by atoms with Crippen LogP contribution in [0.5, 0.6) is 0 Å². The molecular weight excluding hydrogens is 358 g/mol. The molecule has 5 heteroatoms. The second-order valence-electron chi connectivity index (χ2n) is 7.50. The quantitative estimate of drug-likeness (QED) is 0.659. The molecule has 0 saturated carbocycles. The Morgan fingerprint density at radius 2 is 1.81 bits per heavy atom. The minimum atomic E-state index is 0.116. The maximum absolute atomic E-state index is 12.3. The van der Waals surface area contributed by atoms with Gasteiger partial charge in [0.2, 0.25) is 0 Å². The summed E-state index contributed by atoms with van der Waals surface area (Å²) in [4.78, 5) is 13.9. The van der Waals surface area contributed by atoms with Crippen molar-refractivity contribution in [2.75, 3.05) is 19.6 Å². The van der Waals surface area contributed by atoms with Gasteiger partial charge >= 0.3 is 0 Å². The number of hydrogen-bond acceptors (Lipinski definition) is 1. The third kappa shape index (κ3) is 6.06. The van der Waals surface area contributed by atoms with Crippen molar-refractivity contribution in [1.82, 2.24) is 5.32 Å². The molecule has 0 unspecified atom stereocenters. The van der Waals surface area contributed by atoms with Crippen LogP contribution < -0.4 is 15.5 Å². The highest BCUT2D eigenvalue weighted by atomic mass is 35.5. The van der Waals surface area contributed by atoms with Crippen LogP contribution in [0.25, 0.3) is 0 Å². The summed E-state index contributed by atoms with van der Waals surface area (Å²) >= 11 is 6.24. The highest BCUT2D eigenvalue weighted by Gasteiger charge is 2.24. The molecule has 4 N–H and O–H groups in total. The number of nitrogens with two attached hydrogens (primary N) is 1. The molecule has 1 atom stereocenters. The van der Waals surface area contributed by atoms with Crippen LogP contribution >= 0.6 is 11.6 Å². The molecule has 1 heterocycles. The second kappa shape index (κ2) is 9.88. The van der Waals surface area contributed by atoms with Crippen molar-refractivity contribution in [2.24, 2.45) is 0 Å². The topological polar surface area (TPSA) is 50.1 Å². The summed E-state index contributed by atoms with van der Waals surface area (Å²) in [6.45, 7) is 5.81. The van der Waals surface area contributed by atoms with Crippen molar-refractivity contribution in [1.29, 1.82) is 0 Å². The highest BCUT2D eigenvalue weighted by molar-refractivity contribution is 6.31. The number of hydrogen-bond donors (Lipinski definition) is 3. The summed E-state index contributed by atoms with van der Waals surface area (Å²) in [7, 11) is 0. The number of nitrogens with one attached hydrogen (secondary N) is 2. The fourth-order valence-corrected chi connectivity index (χ4v) is 4.08. The molecule has 0 radical (unpaired) electrons. The molecule has 0 aliphatic carbocycles. The molecule has 1 amide bonds. The number of carbonyl (C=O) groups excluding carboxylic acids is 1. The van der Waals surface area contributed by atoms with E-state index in [1.807, 2.05) is 29.6 Å². The molecule has 3 rings (SSSR count). The maximum Gasteiger partial charge on any atom is 0.275 e. The van der Waals surface area contributed by atoms with Crippen LogP contribution in [-0.2, 0) is 11.3 Å². The number of amides is 1. The normalized spacial score (nSPS) is 20.8. The molecule has 1 saturated heterocycles. The first kappa shape index (κ1) is 19.9. The van der Waals surface area contributed by atoms with Crippen LogP contribution in [0.15, 0.2) is 54.6 Å². The first-order chi connectivity index (χ1) is 13.1.